The van der Waals surface area contributed by atoms with E-state index in [1.165, 1.54) is 11.1 Å². The van der Waals surface area contributed by atoms with Crippen LogP contribution in [0.15, 0.2) is 48.5 Å². The zero-order valence-corrected chi connectivity index (χ0v) is 33.3. The van der Waals surface area contributed by atoms with E-state index in [1.54, 1.807) is 11.0 Å². The van der Waals surface area contributed by atoms with E-state index >= 15 is 0 Å². The lowest BCUT2D eigenvalue weighted by molar-refractivity contribution is -0.140. The van der Waals surface area contributed by atoms with Gasteiger partial charge in [0.1, 0.15) is 17.8 Å². The van der Waals surface area contributed by atoms with Crippen LogP contribution >= 0.6 is 0 Å². The van der Waals surface area contributed by atoms with Gasteiger partial charge in [-0.1, -0.05) is 44.0 Å². The van der Waals surface area contributed by atoms with Gasteiger partial charge in [0.2, 0.25) is 5.91 Å². The monoisotopic (exact) mass is 759 g/mol. The zero-order valence-electron chi connectivity index (χ0n) is 33.3. The third-order valence-corrected chi connectivity index (χ3v) is 14.4. The number of amides is 2. The number of benzene rings is 2. The fourth-order valence-corrected chi connectivity index (χ4v) is 10.9. The van der Waals surface area contributed by atoms with Crippen molar-refractivity contribution in [2.75, 3.05) is 64.3 Å². The summed E-state index contributed by atoms with van der Waals surface area (Å²) in [5.41, 5.74) is 3.28. The number of rotatable bonds is 8. The van der Waals surface area contributed by atoms with Crippen LogP contribution < -0.4 is 9.64 Å². The summed E-state index contributed by atoms with van der Waals surface area (Å²) in [6, 6.07) is 15.8. The largest absolute Gasteiger partial charge is 0.424 e. The summed E-state index contributed by atoms with van der Waals surface area (Å²) in [6.45, 7) is 8.60. The second-order valence-electron chi connectivity index (χ2n) is 17.4. The number of carbonyl (C=O) groups is 3. The number of fused-ring (bicyclic) bond motifs is 6. The molecular weight excluding hydrogens is 703 g/mol. The van der Waals surface area contributed by atoms with Crippen LogP contribution in [0, 0.1) is 35.5 Å². The summed E-state index contributed by atoms with van der Waals surface area (Å²) in [6.07, 6.45) is 13.7. The Labute approximate surface area is 331 Å². The molecule has 2 unspecified atom stereocenters. The van der Waals surface area contributed by atoms with E-state index in [2.05, 4.69) is 46.8 Å². The van der Waals surface area contributed by atoms with Crippen LogP contribution in [0.4, 0.5) is 5.69 Å². The first-order valence-corrected chi connectivity index (χ1v) is 21.0. The highest BCUT2D eigenvalue weighted by atomic mass is 16.5. The van der Waals surface area contributed by atoms with E-state index in [4.69, 9.17) is 11.2 Å². The fraction of sp³-hybridized carbons (Fsp3) is 0.565. The van der Waals surface area contributed by atoms with Crippen LogP contribution in [-0.2, 0) is 16.0 Å². The van der Waals surface area contributed by atoms with Crippen LogP contribution in [0.2, 0.25) is 0 Å². The Bertz CT molecular complexity index is 2030. The number of piperidine rings is 1. The van der Waals surface area contributed by atoms with Crippen LogP contribution in [0.25, 0.3) is 10.9 Å². The van der Waals surface area contributed by atoms with Crippen molar-refractivity contribution >= 4 is 34.4 Å². The van der Waals surface area contributed by atoms with E-state index in [0.29, 0.717) is 68.3 Å². The van der Waals surface area contributed by atoms with Gasteiger partial charge in [-0.25, -0.2) is 4.98 Å². The average molecular weight is 760 g/mol. The Morgan fingerprint density at radius 3 is 2.50 bits per heavy atom. The number of para-hydroxylation sites is 1. The van der Waals surface area contributed by atoms with Gasteiger partial charge in [-0.05, 0) is 131 Å². The van der Waals surface area contributed by atoms with Gasteiger partial charge in [-0.2, -0.15) is 0 Å². The third kappa shape index (κ3) is 6.96. The van der Waals surface area contributed by atoms with E-state index in [1.807, 2.05) is 42.2 Å². The first kappa shape index (κ1) is 38.4. The minimum absolute atomic E-state index is 0.00256. The molecule has 8 rings (SSSR count). The average Bonchev–Trinajstić information content (AvgIpc) is 3.50. The molecular formula is C46H57N5O5. The van der Waals surface area contributed by atoms with Crippen molar-refractivity contribution in [1.29, 1.82) is 0 Å². The highest BCUT2D eigenvalue weighted by molar-refractivity contribution is 5.97. The lowest BCUT2D eigenvalue weighted by Gasteiger charge is -2.52. The van der Waals surface area contributed by atoms with Crippen LogP contribution in [0.5, 0.6) is 5.75 Å². The van der Waals surface area contributed by atoms with Crippen molar-refractivity contribution in [1.82, 2.24) is 19.7 Å². The Kier molecular flexibility index (Phi) is 10.6. The number of aliphatic hydroxyl groups is 1. The summed E-state index contributed by atoms with van der Waals surface area (Å²) in [7, 11) is 2.09. The lowest BCUT2D eigenvalue weighted by atomic mass is 9.53. The zero-order chi connectivity index (χ0) is 39.2. The molecule has 1 N–H and O–H groups in total. The van der Waals surface area contributed by atoms with E-state index in [-0.39, 0.29) is 35.7 Å². The topological polar surface area (TPSA) is 107 Å². The molecule has 56 heavy (non-hydrogen) atoms. The summed E-state index contributed by atoms with van der Waals surface area (Å²) in [4.78, 5) is 53.8. The molecule has 5 atom stereocenters. The molecule has 2 amide bonds. The van der Waals surface area contributed by atoms with Gasteiger partial charge < -0.3 is 29.4 Å². The van der Waals surface area contributed by atoms with Crippen molar-refractivity contribution < 1.29 is 24.2 Å². The van der Waals surface area contributed by atoms with Crippen LogP contribution in [-0.4, -0.2) is 108 Å². The first-order valence-electron chi connectivity index (χ1n) is 21.0. The van der Waals surface area contributed by atoms with Crippen molar-refractivity contribution in [3.63, 3.8) is 0 Å². The smallest absolute Gasteiger partial charge is 0.314 e. The quantitative estimate of drug-likeness (QED) is 0.172. The van der Waals surface area contributed by atoms with Crippen molar-refractivity contribution in [3.8, 4) is 18.1 Å². The Hall–Kier alpha value is -4.46. The number of terminal acetylenes is 1. The minimum Gasteiger partial charge on any atom is -0.424 e. The molecule has 2 saturated carbocycles. The molecule has 10 heteroatoms. The molecule has 5 aliphatic rings. The molecule has 2 saturated heterocycles. The number of carbonyl (C=O) groups excluding carboxylic acids is 3. The van der Waals surface area contributed by atoms with Crippen LogP contribution in [0.3, 0.4) is 0 Å². The van der Waals surface area contributed by atoms with Gasteiger partial charge >= 0.3 is 5.97 Å². The molecule has 2 aliphatic heterocycles. The number of anilines is 1. The maximum atomic E-state index is 13.8. The predicted molar refractivity (Wildman–Crippen MR) is 217 cm³/mol. The van der Waals surface area contributed by atoms with E-state index in [9.17, 15) is 19.5 Å². The van der Waals surface area contributed by atoms with Gasteiger partial charge in [-0.3, -0.25) is 14.4 Å². The van der Waals surface area contributed by atoms with Gasteiger partial charge in [0.15, 0.2) is 5.75 Å². The molecule has 296 valence electrons. The maximum absolute atomic E-state index is 13.8. The highest BCUT2D eigenvalue weighted by Crippen LogP contribution is 2.64. The Balaban J connectivity index is 1.01. The number of pyridine rings is 1. The summed E-state index contributed by atoms with van der Waals surface area (Å²) in [5.74, 6) is 3.99. The van der Waals surface area contributed by atoms with Crippen molar-refractivity contribution in [2.45, 2.75) is 83.2 Å². The molecule has 3 aromatic rings. The second kappa shape index (κ2) is 15.5. The molecule has 3 heterocycles. The predicted octanol–water partition coefficient (Wildman–Crippen LogP) is 5.90. The Morgan fingerprint density at radius 2 is 1.75 bits per heavy atom. The number of hydrogen-bond donors (Lipinski definition) is 1. The molecule has 2 aromatic carbocycles. The van der Waals surface area contributed by atoms with Crippen molar-refractivity contribution in [2.24, 2.45) is 23.2 Å². The molecule has 10 nitrogen and oxygen atoms in total. The second-order valence-corrected chi connectivity index (χ2v) is 17.4. The summed E-state index contributed by atoms with van der Waals surface area (Å²) < 4.78 is 6.37. The highest BCUT2D eigenvalue weighted by Gasteiger charge is 2.61. The number of aromatic nitrogens is 1. The van der Waals surface area contributed by atoms with Gasteiger partial charge in [0.25, 0.3) is 5.91 Å². The summed E-state index contributed by atoms with van der Waals surface area (Å²) >= 11 is 0. The molecule has 0 radical (unpaired) electrons. The normalized spacial score (nSPS) is 27.9. The maximum Gasteiger partial charge on any atom is 0.314 e. The van der Waals surface area contributed by atoms with Crippen LogP contribution in [0.1, 0.15) is 92.7 Å². The summed E-state index contributed by atoms with van der Waals surface area (Å²) in [5, 5.41) is 12.5. The van der Waals surface area contributed by atoms with Gasteiger partial charge in [-0.15, -0.1) is 6.42 Å². The Morgan fingerprint density at radius 1 is 0.982 bits per heavy atom. The standard InChI is InChI=1S/C46H57N5O5/c1-5-21-51(43(53)39-14-12-31-9-7-8-10-38(31)47-39)30-42(52)50-26-24-49(25-27-50)40-29-36-33(28-41(40)56-44(54)32-17-22-48(4)23-18-32)11-13-35-34(36)15-19-45(3)37(35)16-20-46(45,55)6-2/h2,7-10,12,14,28-29,32,34-35,37,55H,5,11,13,15-27,30H2,1,3-4H3/t34?,35-,37?,45+,46+/m1/s1. The van der Waals surface area contributed by atoms with Gasteiger partial charge in [0.05, 0.1) is 17.1 Å². The number of esters is 1. The molecule has 1 aromatic heterocycles. The molecule has 0 bridgehead atoms. The molecule has 3 aliphatic carbocycles. The molecule has 0 spiro atoms. The SMILES string of the molecule is C#C[C@]1(O)CCC2[C@@H]3CCc4cc(OC(=O)C5CCN(C)CC5)c(N5CCN(C(=O)CN(CCC)C(=O)c6ccc7ccccc7n6)CC5)cc4C3CC[C@@]21C. The minimum atomic E-state index is -1.05. The molecule has 4 fully saturated rings. The third-order valence-electron chi connectivity index (χ3n) is 14.4. The van der Waals surface area contributed by atoms with Gasteiger partial charge in [0, 0.05) is 43.5 Å². The lowest BCUT2D eigenvalue weighted by Crippen LogP contribution is -2.52. The fourth-order valence-electron chi connectivity index (χ4n) is 10.9. The number of aryl methyl sites for hydroxylation is 1. The number of nitrogens with zero attached hydrogens (tertiary/aromatic N) is 5. The van der Waals surface area contributed by atoms with E-state index < -0.39 is 5.60 Å². The van der Waals surface area contributed by atoms with Crippen molar-refractivity contribution in [3.05, 3.63) is 65.4 Å². The number of ether oxygens (including phenoxy) is 1. The first-order chi connectivity index (χ1) is 27.0. The number of likely N-dealkylation sites (tertiary alicyclic amines) is 1. The van der Waals surface area contributed by atoms with E-state index in [0.717, 1.165) is 81.0 Å². The number of hydrogen-bond acceptors (Lipinski definition) is 8. The number of piperazine rings is 1.